The number of rotatable bonds is 3. The molecule has 0 aliphatic rings. The van der Waals surface area contributed by atoms with Crippen LogP contribution in [0.3, 0.4) is 0 Å². The lowest BCUT2D eigenvalue weighted by Crippen LogP contribution is -2.37. The van der Waals surface area contributed by atoms with E-state index in [1.165, 1.54) is 0 Å². The third-order valence-electron chi connectivity index (χ3n) is 1.63. The Hall–Kier alpha value is -2.64. The van der Waals surface area contributed by atoms with E-state index < -0.39 is 17.1 Å². The van der Waals surface area contributed by atoms with Crippen LogP contribution in [0.25, 0.3) is 0 Å². The number of ether oxygens (including phenoxy) is 1. The summed E-state index contributed by atoms with van der Waals surface area (Å²) in [4.78, 5) is 21.0. The summed E-state index contributed by atoms with van der Waals surface area (Å²) in [5.74, 6) is -0.631. The van der Waals surface area contributed by atoms with Crippen LogP contribution >= 0.6 is 0 Å². The van der Waals surface area contributed by atoms with Crippen LogP contribution in [0.1, 0.15) is 5.56 Å². The van der Waals surface area contributed by atoms with Crippen molar-refractivity contribution < 1.29 is 14.6 Å². The molecule has 0 spiro atoms. The minimum Gasteiger partial charge on any atom is -0.444 e. The first-order chi connectivity index (χ1) is 8.08. The highest BCUT2D eigenvalue weighted by Crippen LogP contribution is 2.00. The summed E-state index contributed by atoms with van der Waals surface area (Å²) in [6.45, 7) is 0.0401. The number of carbonyl (C=O) groups excluding carboxylic acids is 1. The van der Waals surface area contributed by atoms with Gasteiger partial charge in [-0.2, -0.15) is 0 Å². The van der Waals surface area contributed by atoms with Gasteiger partial charge < -0.3 is 10.5 Å². The van der Waals surface area contributed by atoms with E-state index in [0.29, 0.717) is 0 Å². The Morgan fingerprint density at radius 2 is 2.12 bits per heavy atom. The van der Waals surface area contributed by atoms with Crippen molar-refractivity contribution in [1.82, 2.24) is 5.32 Å². The van der Waals surface area contributed by atoms with Gasteiger partial charge in [0.05, 0.1) is 0 Å². The number of guanidine groups is 1. The highest BCUT2D eigenvalue weighted by atomic mass is 16.7. The number of benzene rings is 1. The van der Waals surface area contributed by atoms with Crippen molar-refractivity contribution in [1.29, 1.82) is 0 Å². The van der Waals surface area contributed by atoms with Crippen molar-refractivity contribution in [2.24, 2.45) is 10.8 Å². The normalized spacial score (nSPS) is 10.7. The summed E-state index contributed by atoms with van der Waals surface area (Å²) in [5.41, 5.74) is 5.83. The minimum absolute atomic E-state index is 0.0401. The molecule has 0 aromatic heterocycles. The van der Waals surface area contributed by atoms with Crippen molar-refractivity contribution in [2.75, 3.05) is 0 Å². The van der Waals surface area contributed by atoms with Crippen molar-refractivity contribution in [3.8, 4) is 0 Å². The van der Waals surface area contributed by atoms with Gasteiger partial charge in [0.25, 0.3) is 5.96 Å². The lowest BCUT2D eigenvalue weighted by atomic mass is 10.2. The molecule has 0 heterocycles. The number of hydrazone groups is 1. The molecule has 8 nitrogen and oxygen atoms in total. The van der Waals surface area contributed by atoms with Gasteiger partial charge >= 0.3 is 6.09 Å². The van der Waals surface area contributed by atoms with Crippen LogP contribution in [0.2, 0.25) is 0 Å². The van der Waals surface area contributed by atoms with Gasteiger partial charge in [0.15, 0.2) is 5.03 Å². The van der Waals surface area contributed by atoms with Crippen molar-refractivity contribution in [3.63, 3.8) is 0 Å². The summed E-state index contributed by atoms with van der Waals surface area (Å²) >= 11 is 0. The third-order valence-corrected chi connectivity index (χ3v) is 1.63. The lowest BCUT2D eigenvalue weighted by Gasteiger charge is -2.04. The molecule has 0 bridgehead atoms. The van der Waals surface area contributed by atoms with Gasteiger partial charge in [0.2, 0.25) is 0 Å². The average Bonchev–Trinajstić information content (AvgIpc) is 2.26. The number of nitrogens with one attached hydrogen (secondary N) is 1. The standard InChI is InChI=1S/C9H10N4O4/c10-8(12-13(15)16)11-9(14)17-6-7-4-2-1-3-5-7/h1-5H,6H2,(H3,10,11,12,14). The summed E-state index contributed by atoms with van der Waals surface area (Å²) < 4.78 is 4.75. The molecule has 1 amide bonds. The largest absolute Gasteiger partial charge is 0.444 e. The molecule has 0 radical (unpaired) electrons. The summed E-state index contributed by atoms with van der Waals surface area (Å²) in [6, 6.07) is 8.94. The van der Waals surface area contributed by atoms with Crippen LogP contribution in [0.5, 0.6) is 0 Å². The monoisotopic (exact) mass is 238 g/mol. The van der Waals surface area contributed by atoms with E-state index in [1.54, 1.807) is 24.3 Å². The molecule has 3 N–H and O–H groups in total. The Balaban J connectivity index is 2.38. The van der Waals surface area contributed by atoms with Crippen LogP contribution in [-0.4, -0.2) is 17.1 Å². The maximum absolute atomic E-state index is 11.1. The molecule has 0 fully saturated rings. The number of nitrogens with zero attached hydrogens (tertiary/aromatic N) is 2. The quantitative estimate of drug-likeness (QED) is 0.342. The molecule has 8 heteroatoms. The predicted octanol–water partition coefficient (Wildman–Crippen LogP) is 0.419. The van der Waals surface area contributed by atoms with E-state index in [1.807, 2.05) is 11.4 Å². The maximum atomic E-state index is 11.1. The van der Waals surface area contributed by atoms with Crippen LogP contribution in [0, 0.1) is 10.1 Å². The van der Waals surface area contributed by atoms with E-state index in [9.17, 15) is 14.9 Å². The Labute approximate surface area is 96.2 Å². The van der Waals surface area contributed by atoms with Crippen LogP contribution in [-0.2, 0) is 11.3 Å². The van der Waals surface area contributed by atoms with Gasteiger partial charge in [-0.15, -0.1) is 0 Å². The Morgan fingerprint density at radius 1 is 1.47 bits per heavy atom. The Morgan fingerprint density at radius 3 is 2.71 bits per heavy atom. The van der Waals surface area contributed by atoms with E-state index in [4.69, 9.17) is 10.5 Å². The fourth-order valence-corrected chi connectivity index (χ4v) is 0.977. The first-order valence-electron chi connectivity index (χ1n) is 4.54. The third kappa shape index (κ3) is 5.11. The van der Waals surface area contributed by atoms with Gasteiger partial charge in [-0.1, -0.05) is 30.3 Å². The number of hydrogen-bond acceptors (Lipinski definition) is 4. The van der Waals surface area contributed by atoms with E-state index in [2.05, 4.69) is 5.10 Å². The number of amides is 1. The molecular formula is C9H10N4O4. The number of alkyl carbamates (subject to hydrolysis) is 1. The zero-order chi connectivity index (χ0) is 12.7. The number of carbonyl (C=O) groups is 1. The zero-order valence-corrected chi connectivity index (χ0v) is 8.70. The highest BCUT2D eigenvalue weighted by Gasteiger charge is 2.07. The smallest absolute Gasteiger partial charge is 0.414 e. The SMILES string of the molecule is NC(=N[N+](=O)[O-])NC(=O)OCc1ccccc1. The molecule has 0 aliphatic heterocycles. The lowest BCUT2D eigenvalue weighted by molar-refractivity contribution is -0.485. The molecule has 1 aromatic rings. The molecule has 0 atom stereocenters. The fraction of sp³-hybridized carbons (Fsp3) is 0.111. The Bertz CT molecular complexity index is 432. The second kappa shape index (κ2) is 6.05. The Kier molecular flexibility index (Phi) is 4.43. The molecule has 90 valence electrons. The minimum atomic E-state index is -1.02. The van der Waals surface area contributed by atoms with Crippen LogP contribution in [0.4, 0.5) is 4.79 Å². The molecule has 1 aromatic carbocycles. The van der Waals surface area contributed by atoms with Gasteiger partial charge in [-0.3, -0.25) is 5.32 Å². The van der Waals surface area contributed by atoms with Crippen molar-refractivity contribution in [2.45, 2.75) is 6.61 Å². The number of nitro groups is 1. The van der Waals surface area contributed by atoms with E-state index >= 15 is 0 Å². The van der Waals surface area contributed by atoms with Gasteiger partial charge in [-0.25, -0.2) is 14.9 Å². The average molecular weight is 238 g/mol. The van der Waals surface area contributed by atoms with E-state index in [-0.39, 0.29) is 6.61 Å². The van der Waals surface area contributed by atoms with Crippen LogP contribution in [0.15, 0.2) is 35.4 Å². The maximum Gasteiger partial charge on any atom is 0.414 e. The van der Waals surface area contributed by atoms with E-state index in [0.717, 1.165) is 5.56 Å². The van der Waals surface area contributed by atoms with Crippen LogP contribution < -0.4 is 11.1 Å². The van der Waals surface area contributed by atoms with Crippen molar-refractivity contribution >= 4 is 12.1 Å². The topological polar surface area (TPSA) is 120 Å². The molecular weight excluding hydrogens is 228 g/mol. The second-order valence-corrected chi connectivity index (χ2v) is 2.91. The zero-order valence-electron chi connectivity index (χ0n) is 8.70. The molecule has 0 saturated heterocycles. The molecule has 0 unspecified atom stereocenters. The summed E-state index contributed by atoms with van der Waals surface area (Å²) in [7, 11) is 0. The van der Waals surface area contributed by atoms with Gasteiger partial charge in [0, 0.05) is 0 Å². The summed E-state index contributed by atoms with van der Waals surface area (Å²) in [5, 5.41) is 13.5. The molecule has 1 rings (SSSR count). The molecule has 17 heavy (non-hydrogen) atoms. The first kappa shape index (κ1) is 12.4. The predicted molar refractivity (Wildman–Crippen MR) is 58.4 cm³/mol. The number of nitrogens with two attached hydrogens (primary N) is 1. The first-order valence-corrected chi connectivity index (χ1v) is 4.54. The summed E-state index contributed by atoms with van der Waals surface area (Å²) in [6.07, 6.45) is -0.906. The van der Waals surface area contributed by atoms with Crippen molar-refractivity contribution in [3.05, 3.63) is 46.0 Å². The van der Waals surface area contributed by atoms with Gasteiger partial charge in [-0.05, 0) is 5.56 Å². The molecule has 0 saturated carbocycles. The van der Waals surface area contributed by atoms with Gasteiger partial charge in [0.1, 0.15) is 11.7 Å². The molecule has 0 aliphatic carbocycles. The highest BCUT2D eigenvalue weighted by molar-refractivity contribution is 5.92. The fourth-order valence-electron chi connectivity index (χ4n) is 0.977. The second-order valence-electron chi connectivity index (χ2n) is 2.91. The number of hydrogen-bond donors (Lipinski definition) is 2.